The maximum absolute atomic E-state index is 10.4. The van der Waals surface area contributed by atoms with Gasteiger partial charge in [0.2, 0.25) is 0 Å². The predicted molar refractivity (Wildman–Crippen MR) is 50.2 cm³/mol. The highest BCUT2D eigenvalue weighted by Gasteiger charge is 2.55. The van der Waals surface area contributed by atoms with Crippen LogP contribution in [0.4, 0.5) is 0 Å². The van der Waals surface area contributed by atoms with Crippen LogP contribution in [-0.4, -0.2) is 48.7 Å². The Morgan fingerprint density at radius 2 is 2.27 bits per heavy atom. The molecule has 15 heavy (non-hydrogen) atoms. The molecule has 2 fully saturated rings. The van der Waals surface area contributed by atoms with Gasteiger partial charge in [0.1, 0.15) is 31.0 Å². The Morgan fingerprint density at radius 3 is 2.87 bits per heavy atom. The van der Waals surface area contributed by atoms with E-state index in [4.69, 9.17) is 19.3 Å². The molecular weight excluding hydrogens is 200 g/mol. The minimum absolute atomic E-state index is 0.0402. The molecule has 5 heteroatoms. The summed E-state index contributed by atoms with van der Waals surface area (Å²) in [5.74, 6) is -0.293. The molecule has 5 nitrogen and oxygen atoms in total. The summed E-state index contributed by atoms with van der Waals surface area (Å²) in [5, 5.41) is 8.76. The van der Waals surface area contributed by atoms with Crippen molar-refractivity contribution in [2.24, 2.45) is 0 Å². The molecule has 4 atom stereocenters. The molecule has 2 aliphatic rings. The van der Waals surface area contributed by atoms with E-state index in [1.165, 1.54) is 6.92 Å². The van der Waals surface area contributed by atoms with Crippen molar-refractivity contribution in [3.8, 4) is 0 Å². The van der Waals surface area contributed by atoms with Crippen molar-refractivity contribution < 1.29 is 24.1 Å². The molecule has 0 aromatic heterocycles. The molecule has 4 unspecified atom stereocenters. The Bertz CT molecular complexity index is 275. The quantitative estimate of drug-likeness (QED) is 0.384. The molecule has 0 aromatic carbocycles. The Hall–Kier alpha value is -0.910. The number of epoxide rings is 2. The SMILES string of the molecule is CC(=O)OC/C=C/C1OC1C1OC1CO. The fourth-order valence-electron chi connectivity index (χ4n) is 1.50. The van der Waals surface area contributed by atoms with Crippen molar-refractivity contribution in [1.82, 2.24) is 0 Å². The van der Waals surface area contributed by atoms with Crippen LogP contribution in [0.2, 0.25) is 0 Å². The molecule has 0 spiro atoms. The van der Waals surface area contributed by atoms with Crippen LogP contribution in [0.1, 0.15) is 6.92 Å². The summed E-state index contributed by atoms with van der Waals surface area (Å²) in [5.41, 5.74) is 0. The number of carbonyl (C=O) groups is 1. The van der Waals surface area contributed by atoms with Gasteiger partial charge in [-0.1, -0.05) is 6.08 Å². The van der Waals surface area contributed by atoms with Gasteiger partial charge >= 0.3 is 5.97 Å². The van der Waals surface area contributed by atoms with Crippen LogP contribution in [0.15, 0.2) is 12.2 Å². The number of esters is 1. The van der Waals surface area contributed by atoms with Gasteiger partial charge in [-0.15, -0.1) is 0 Å². The summed E-state index contributed by atoms with van der Waals surface area (Å²) in [4.78, 5) is 10.4. The van der Waals surface area contributed by atoms with E-state index < -0.39 is 0 Å². The molecule has 0 aliphatic carbocycles. The highest BCUT2D eigenvalue weighted by atomic mass is 16.7. The smallest absolute Gasteiger partial charge is 0.302 e. The van der Waals surface area contributed by atoms with Crippen molar-refractivity contribution in [1.29, 1.82) is 0 Å². The largest absolute Gasteiger partial charge is 0.462 e. The van der Waals surface area contributed by atoms with Crippen LogP contribution >= 0.6 is 0 Å². The molecule has 2 aliphatic heterocycles. The molecular formula is C10H14O5. The summed E-state index contributed by atoms with van der Waals surface area (Å²) >= 11 is 0. The molecule has 2 heterocycles. The van der Waals surface area contributed by atoms with Crippen LogP contribution in [-0.2, 0) is 19.0 Å². The second-order valence-electron chi connectivity index (χ2n) is 3.62. The number of hydrogen-bond acceptors (Lipinski definition) is 5. The highest BCUT2D eigenvalue weighted by Crippen LogP contribution is 2.38. The molecule has 2 saturated heterocycles. The number of aliphatic hydroxyl groups excluding tert-OH is 1. The van der Waals surface area contributed by atoms with Gasteiger partial charge in [0.15, 0.2) is 0 Å². The lowest BCUT2D eigenvalue weighted by atomic mass is 10.2. The molecule has 0 saturated carbocycles. The van der Waals surface area contributed by atoms with E-state index >= 15 is 0 Å². The molecule has 0 bridgehead atoms. The zero-order valence-electron chi connectivity index (χ0n) is 8.46. The lowest BCUT2D eigenvalue weighted by Crippen LogP contribution is -2.07. The molecule has 0 amide bonds. The fraction of sp³-hybridized carbons (Fsp3) is 0.700. The van der Waals surface area contributed by atoms with E-state index in [-0.39, 0.29) is 43.6 Å². The molecule has 0 radical (unpaired) electrons. The Balaban J connectivity index is 1.61. The van der Waals surface area contributed by atoms with Crippen LogP contribution in [0, 0.1) is 0 Å². The first-order valence-electron chi connectivity index (χ1n) is 4.94. The topological polar surface area (TPSA) is 71.6 Å². The second kappa shape index (κ2) is 4.30. The van der Waals surface area contributed by atoms with Crippen molar-refractivity contribution in [3.05, 3.63) is 12.2 Å². The molecule has 0 aromatic rings. The van der Waals surface area contributed by atoms with E-state index in [1.54, 1.807) is 6.08 Å². The average molecular weight is 214 g/mol. The van der Waals surface area contributed by atoms with Gasteiger partial charge in [-0.2, -0.15) is 0 Å². The van der Waals surface area contributed by atoms with Gasteiger partial charge in [0, 0.05) is 6.92 Å². The third-order valence-electron chi connectivity index (χ3n) is 2.40. The van der Waals surface area contributed by atoms with E-state index in [0.717, 1.165) is 0 Å². The first kappa shape index (κ1) is 10.6. The molecule has 84 valence electrons. The lowest BCUT2D eigenvalue weighted by Gasteiger charge is -1.93. The number of hydrogen-bond donors (Lipinski definition) is 1. The van der Waals surface area contributed by atoms with E-state index in [1.807, 2.05) is 6.08 Å². The van der Waals surface area contributed by atoms with Crippen molar-refractivity contribution in [2.75, 3.05) is 13.2 Å². The van der Waals surface area contributed by atoms with Gasteiger partial charge in [0.25, 0.3) is 0 Å². The van der Waals surface area contributed by atoms with Gasteiger partial charge < -0.3 is 19.3 Å². The number of rotatable bonds is 5. The van der Waals surface area contributed by atoms with Crippen molar-refractivity contribution in [2.45, 2.75) is 31.3 Å². The summed E-state index contributed by atoms with van der Waals surface area (Å²) in [6.45, 7) is 1.69. The fourth-order valence-corrected chi connectivity index (χ4v) is 1.50. The first-order valence-corrected chi connectivity index (χ1v) is 4.94. The zero-order valence-corrected chi connectivity index (χ0v) is 8.46. The third-order valence-corrected chi connectivity index (χ3v) is 2.40. The Morgan fingerprint density at radius 1 is 1.47 bits per heavy atom. The van der Waals surface area contributed by atoms with Crippen LogP contribution < -0.4 is 0 Å². The average Bonchev–Trinajstić information content (AvgIpc) is 3.05. The number of carbonyl (C=O) groups excluding carboxylic acids is 1. The van der Waals surface area contributed by atoms with Gasteiger partial charge in [-0.3, -0.25) is 4.79 Å². The third kappa shape index (κ3) is 2.77. The second-order valence-corrected chi connectivity index (χ2v) is 3.62. The summed E-state index contributed by atoms with van der Waals surface area (Å²) < 4.78 is 15.2. The van der Waals surface area contributed by atoms with Gasteiger partial charge in [-0.25, -0.2) is 0 Å². The van der Waals surface area contributed by atoms with Crippen LogP contribution in [0.5, 0.6) is 0 Å². The van der Waals surface area contributed by atoms with Crippen LogP contribution in [0.3, 0.4) is 0 Å². The highest BCUT2D eigenvalue weighted by molar-refractivity contribution is 5.65. The summed E-state index contributed by atoms with van der Waals surface area (Å²) in [6, 6.07) is 0. The molecule has 2 rings (SSSR count). The normalized spacial score (nSPS) is 38.0. The van der Waals surface area contributed by atoms with E-state index in [0.29, 0.717) is 0 Å². The monoisotopic (exact) mass is 214 g/mol. The van der Waals surface area contributed by atoms with Gasteiger partial charge in [0.05, 0.1) is 6.61 Å². The number of ether oxygens (including phenoxy) is 3. The predicted octanol–water partition coefficient (Wildman–Crippen LogP) is -0.367. The lowest BCUT2D eigenvalue weighted by molar-refractivity contribution is -0.139. The maximum Gasteiger partial charge on any atom is 0.302 e. The van der Waals surface area contributed by atoms with Crippen molar-refractivity contribution in [3.63, 3.8) is 0 Å². The minimum atomic E-state index is -0.293. The molecule has 1 N–H and O–H groups in total. The Labute approximate surface area is 87.6 Å². The van der Waals surface area contributed by atoms with E-state index in [2.05, 4.69) is 0 Å². The van der Waals surface area contributed by atoms with Gasteiger partial charge in [-0.05, 0) is 6.08 Å². The zero-order chi connectivity index (χ0) is 10.8. The summed E-state index contributed by atoms with van der Waals surface area (Å²) in [7, 11) is 0. The van der Waals surface area contributed by atoms with Crippen molar-refractivity contribution >= 4 is 5.97 Å². The standard InChI is InChI=1S/C10H14O5/c1-6(12)13-4-2-3-7-9(14-7)10-8(5-11)15-10/h2-3,7-11H,4-5H2,1H3/b3-2+. The van der Waals surface area contributed by atoms with Crippen LogP contribution in [0.25, 0.3) is 0 Å². The minimum Gasteiger partial charge on any atom is -0.462 e. The number of aliphatic hydroxyl groups is 1. The van der Waals surface area contributed by atoms with E-state index in [9.17, 15) is 4.79 Å². The Kier molecular flexibility index (Phi) is 3.04. The first-order chi connectivity index (χ1) is 7.22. The summed E-state index contributed by atoms with van der Waals surface area (Å²) in [6.07, 6.45) is 3.70. The maximum atomic E-state index is 10.4.